The molecule has 0 atom stereocenters. The number of carbonyl (C=O) groups excluding carboxylic acids is 1. The topological polar surface area (TPSA) is 107 Å². The Kier molecular flexibility index (Phi) is 6.30. The Morgan fingerprint density at radius 3 is 2.38 bits per heavy atom. The number of methoxy groups -OCH3 is 1. The first-order chi connectivity index (χ1) is 14.0. The summed E-state index contributed by atoms with van der Waals surface area (Å²) >= 11 is 0. The molecule has 0 radical (unpaired) electrons. The fourth-order valence-electron chi connectivity index (χ4n) is 2.44. The number of amides is 1. The highest BCUT2D eigenvalue weighted by molar-refractivity contribution is 7.92. The van der Waals surface area contributed by atoms with E-state index >= 15 is 0 Å². The second-order valence-electron chi connectivity index (χ2n) is 5.86. The van der Waals surface area contributed by atoms with Gasteiger partial charge in [-0.25, -0.2) is 8.42 Å². The van der Waals surface area contributed by atoms with Gasteiger partial charge in [0.2, 0.25) is 0 Å². The number of carbonyl (C=O) groups is 1. The number of benzene rings is 2. The van der Waals surface area contributed by atoms with Crippen molar-refractivity contribution in [1.29, 1.82) is 0 Å². The fraction of sp³-hybridized carbons (Fsp3) is 0.100. The number of sulfonamides is 1. The van der Waals surface area contributed by atoms with Gasteiger partial charge in [-0.2, -0.15) is 0 Å². The SMILES string of the molecule is COc1ccc(NS(=O)(=O)c2ccccc2)cc1OCC(=O)Nc1ccncc1. The van der Waals surface area contributed by atoms with E-state index in [1.165, 1.54) is 25.3 Å². The van der Waals surface area contributed by atoms with Crippen molar-refractivity contribution >= 4 is 27.3 Å². The van der Waals surface area contributed by atoms with Crippen LogP contribution in [0, 0.1) is 0 Å². The summed E-state index contributed by atoms with van der Waals surface area (Å²) in [5, 5.41) is 2.67. The molecule has 0 saturated heterocycles. The predicted molar refractivity (Wildman–Crippen MR) is 109 cm³/mol. The van der Waals surface area contributed by atoms with E-state index in [0.29, 0.717) is 11.4 Å². The summed E-state index contributed by atoms with van der Waals surface area (Å²) in [4.78, 5) is 16.1. The minimum Gasteiger partial charge on any atom is -0.493 e. The van der Waals surface area contributed by atoms with Crippen LogP contribution in [0.25, 0.3) is 0 Å². The van der Waals surface area contributed by atoms with Gasteiger partial charge in [-0.15, -0.1) is 0 Å². The van der Waals surface area contributed by atoms with Crippen molar-refractivity contribution in [2.24, 2.45) is 0 Å². The lowest BCUT2D eigenvalue weighted by molar-refractivity contribution is -0.118. The Bertz CT molecular complexity index is 1070. The van der Waals surface area contributed by atoms with Crippen LogP contribution in [0.1, 0.15) is 0 Å². The quantitative estimate of drug-likeness (QED) is 0.588. The summed E-state index contributed by atoms with van der Waals surface area (Å²) in [6.45, 7) is -0.284. The van der Waals surface area contributed by atoms with Crippen LogP contribution >= 0.6 is 0 Å². The van der Waals surface area contributed by atoms with E-state index in [1.54, 1.807) is 54.9 Å². The summed E-state index contributed by atoms with van der Waals surface area (Å²) in [6, 6.07) is 15.8. The summed E-state index contributed by atoms with van der Waals surface area (Å²) in [5.74, 6) is 0.212. The Labute approximate surface area is 168 Å². The van der Waals surface area contributed by atoms with Gasteiger partial charge in [0.05, 0.1) is 17.7 Å². The van der Waals surface area contributed by atoms with Crippen LogP contribution in [-0.4, -0.2) is 33.0 Å². The van der Waals surface area contributed by atoms with Crippen molar-refractivity contribution in [2.45, 2.75) is 4.90 Å². The summed E-state index contributed by atoms with van der Waals surface area (Å²) in [7, 11) is -2.30. The number of rotatable bonds is 8. The van der Waals surface area contributed by atoms with Gasteiger partial charge in [-0.1, -0.05) is 18.2 Å². The molecule has 3 rings (SSSR count). The van der Waals surface area contributed by atoms with Gasteiger partial charge in [0.1, 0.15) is 0 Å². The fourth-order valence-corrected chi connectivity index (χ4v) is 3.51. The minimum absolute atomic E-state index is 0.134. The number of ether oxygens (including phenoxy) is 2. The first-order valence-electron chi connectivity index (χ1n) is 8.56. The molecule has 2 aromatic carbocycles. The molecule has 0 unspecified atom stereocenters. The van der Waals surface area contributed by atoms with Crippen molar-refractivity contribution < 1.29 is 22.7 Å². The van der Waals surface area contributed by atoms with Crippen LogP contribution in [0.5, 0.6) is 11.5 Å². The second kappa shape index (κ2) is 9.07. The van der Waals surface area contributed by atoms with E-state index in [2.05, 4.69) is 15.0 Å². The lowest BCUT2D eigenvalue weighted by Crippen LogP contribution is -2.20. The third kappa shape index (κ3) is 5.45. The number of aromatic nitrogens is 1. The van der Waals surface area contributed by atoms with Crippen LogP contribution in [-0.2, 0) is 14.8 Å². The lowest BCUT2D eigenvalue weighted by atomic mass is 10.3. The Hall–Kier alpha value is -3.59. The first-order valence-corrected chi connectivity index (χ1v) is 10.0. The first kappa shape index (κ1) is 20.2. The molecule has 0 saturated carbocycles. The highest BCUT2D eigenvalue weighted by atomic mass is 32.2. The van der Waals surface area contributed by atoms with Crippen LogP contribution in [0.3, 0.4) is 0 Å². The molecule has 1 amide bonds. The highest BCUT2D eigenvalue weighted by Crippen LogP contribution is 2.31. The zero-order valence-corrected chi connectivity index (χ0v) is 16.3. The van der Waals surface area contributed by atoms with E-state index in [4.69, 9.17) is 9.47 Å². The predicted octanol–water partition coefficient (Wildman–Crippen LogP) is 2.91. The molecule has 0 aliphatic rings. The Morgan fingerprint density at radius 1 is 0.966 bits per heavy atom. The maximum atomic E-state index is 12.5. The van der Waals surface area contributed by atoms with Crippen LogP contribution < -0.4 is 19.5 Å². The molecule has 0 fully saturated rings. The molecule has 8 nitrogen and oxygen atoms in total. The minimum atomic E-state index is -3.75. The van der Waals surface area contributed by atoms with Crippen LogP contribution in [0.15, 0.2) is 78.0 Å². The molecule has 1 heterocycles. The van der Waals surface area contributed by atoms with E-state index in [0.717, 1.165) is 0 Å². The number of nitrogens with one attached hydrogen (secondary N) is 2. The number of hydrogen-bond acceptors (Lipinski definition) is 6. The third-order valence-corrected chi connectivity index (χ3v) is 5.19. The smallest absolute Gasteiger partial charge is 0.262 e. The zero-order chi connectivity index (χ0) is 20.7. The Balaban J connectivity index is 1.71. The molecule has 3 aromatic rings. The molecule has 9 heteroatoms. The van der Waals surface area contributed by atoms with Gasteiger partial charge < -0.3 is 14.8 Å². The summed E-state index contributed by atoms with van der Waals surface area (Å²) in [6.07, 6.45) is 3.11. The van der Waals surface area contributed by atoms with Gasteiger partial charge in [0.25, 0.3) is 15.9 Å². The van der Waals surface area contributed by atoms with Gasteiger partial charge in [0.15, 0.2) is 18.1 Å². The number of hydrogen-bond donors (Lipinski definition) is 2. The summed E-state index contributed by atoms with van der Waals surface area (Å²) in [5.41, 5.74) is 0.865. The van der Waals surface area contributed by atoms with Gasteiger partial charge >= 0.3 is 0 Å². The summed E-state index contributed by atoms with van der Waals surface area (Å²) < 4.78 is 38.2. The van der Waals surface area contributed by atoms with Crippen LogP contribution in [0.2, 0.25) is 0 Å². The Morgan fingerprint density at radius 2 is 1.69 bits per heavy atom. The standard InChI is InChI=1S/C20H19N3O5S/c1-27-18-8-7-16(23-29(25,26)17-5-3-2-4-6-17)13-19(18)28-14-20(24)22-15-9-11-21-12-10-15/h2-13,23H,14H2,1H3,(H,21,22,24). The molecular weight excluding hydrogens is 394 g/mol. The van der Waals surface area contributed by atoms with Gasteiger partial charge in [0, 0.05) is 24.1 Å². The maximum Gasteiger partial charge on any atom is 0.262 e. The molecule has 0 spiro atoms. The van der Waals surface area contributed by atoms with Crippen molar-refractivity contribution in [1.82, 2.24) is 4.98 Å². The number of pyridine rings is 1. The molecule has 1 aromatic heterocycles. The van der Waals surface area contributed by atoms with E-state index < -0.39 is 10.0 Å². The van der Waals surface area contributed by atoms with Crippen molar-refractivity contribution in [3.05, 3.63) is 73.1 Å². The number of nitrogens with zero attached hydrogens (tertiary/aromatic N) is 1. The van der Waals surface area contributed by atoms with E-state index in [9.17, 15) is 13.2 Å². The molecule has 0 bridgehead atoms. The van der Waals surface area contributed by atoms with Gasteiger partial charge in [-0.3, -0.25) is 14.5 Å². The van der Waals surface area contributed by atoms with Crippen molar-refractivity contribution in [2.75, 3.05) is 23.8 Å². The molecule has 0 aliphatic carbocycles. The maximum absolute atomic E-state index is 12.5. The monoisotopic (exact) mass is 413 g/mol. The molecule has 29 heavy (non-hydrogen) atoms. The van der Waals surface area contributed by atoms with Crippen molar-refractivity contribution in [3.8, 4) is 11.5 Å². The average molecular weight is 413 g/mol. The van der Waals surface area contributed by atoms with Gasteiger partial charge in [-0.05, 0) is 36.4 Å². The average Bonchev–Trinajstić information content (AvgIpc) is 2.73. The number of anilines is 2. The van der Waals surface area contributed by atoms with Crippen LogP contribution in [0.4, 0.5) is 11.4 Å². The largest absolute Gasteiger partial charge is 0.493 e. The second-order valence-corrected chi connectivity index (χ2v) is 7.54. The normalized spacial score (nSPS) is 10.8. The lowest BCUT2D eigenvalue weighted by Gasteiger charge is -2.14. The molecular formula is C20H19N3O5S. The molecule has 0 aliphatic heterocycles. The third-order valence-electron chi connectivity index (χ3n) is 3.79. The zero-order valence-electron chi connectivity index (χ0n) is 15.5. The molecule has 2 N–H and O–H groups in total. The molecule has 150 valence electrons. The highest BCUT2D eigenvalue weighted by Gasteiger charge is 2.15. The van der Waals surface area contributed by atoms with E-state index in [-0.39, 0.29) is 28.8 Å². The van der Waals surface area contributed by atoms with Crippen molar-refractivity contribution in [3.63, 3.8) is 0 Å². The van der Waals surface area contributed by atoms with E-state index in [1.807, 2.05) is 0 Å².